The molecule has 2 heterocycles. The van der Waals surface area contributed by atoms with E-state index in [4.69, 9.17) is 15.7 Å². The number of hydrogen-bond donors (Lipinski definition) is 2. The minimum atomic E-state index is -0.867. The predicted molar refractivity (Wildman–Crippen MR) is 70.9 cm³/mol. The summed E-state index contributed by atoms with van der Waals surface area (Å²) in [6.45, 7) is 4.69. The van der Waals surface area contributed by atoms with Crippen molar-refractivity contribution in [3.05, 3.63) is 0 Å². The Bertz CT molecular complexity index is 356. The van der Waals surface area contributed by atoms with Crippen LogP contribution in [-0.2, 0) is 9.53 Å². The zero-order chi connectivity index (χ0) is 13.9. The number of nitrogens with zero attached hydrogens (tertiary/aromatic N) is 2. The molecule has 0 radical (unpaired) electrons. The summed E-state index contributed by atoms with van der Waals surface area (Å²) in [7, 11) is 0. The van der Waals surface area contributed by atoms with Gasteiger partial charge in [-0.1, -0.05) is 12.1 Å². The van der Waals surface area contributed by atoms with Gasteiger partial charge in [0.1, 0.15) is 5.41 Å². The lowest BCUT2D eigenvalue weighted by atomic mass is 9.77. The number of nitrogens with two attached hydrogens (primary N) is 1. The summed E-state index contributed by atoms with van der Waals surface area (Å²) in [5.74, 6) is 0.691. The normalized spacial score (nSPS) is 25.3. The number of oxime groups is 1. The number of likely N-dealkylation sites (tertiary alicyclic amines) is 1. The molecule has 0 bridgehead atoms. The van der Waals surface area contributed by atoms with Crippen LogP contribution in [0.15, 0.2) is 5.16 Å². The van der Waals surface area contributed by atoms with Crippen LogP contribution in [0.25, 0.3) is 0 Å². The van der Waals surface area contributed by atoms with E-state index in [1.54, 1.807) is 0 Å². The standard InChI is InChI=1S/C13H23N3O3/c1-10-2-6-16(7-3-10)12(17)13(11(14)15-18)4-8-19-9-5-13/h10,18H,2-9H2,1H3,(H2,14,15). The van der Waals surface area contributed by atoms with Gasteiger partial charge in [0.25, 0.3) is 0 Å². The molecular weight excluding hydrogens is 246 g/mol. The Morgan fingerprint density at radius 2 is 1.95 bits per heavy atom. The molecule has 0 aromatic heterocycles. The number of hydrogen-bond acceptors (Lipinski definition) is 4. The highest BCUT2D eigenvalue weighted by molar-refractivity contribution is 6.06. The van der Waals surface area contributed by atoms with E-state index in [0.717, 1.165) is 25.9 Å². The molecule has 2 aliphatic rings. The summed E-state index contributed by atoms with van der Waals surface area (Å²) in [5.41, 5.74) is 4.95. The highest BCUT2D eigenvalue weighted by atomic mass is 16.5. The molecule has 3 N–H and O–H groups in total. The first-order valence-corrected chi connectivity index (χ1v) is 6.95. The fourth-order valence-electron chi connectivity index (χ4n) is 2.91. The van der Waals surface area contributed by atoms with Crippen molar-refractivity contribution in [3.8, 4) is 0 Å². The summed E-state index contributed by atoms with van der Waals surface area (Å²) >= 11 is 0. The second-order valence-corrected chi connectivity index (χ2v) is 5.65. The molecule has 0 unspecified atom stereocenters. The SMILES string of the molecule is CC1CCN(C(=O)C2(C(N)=NO)CCOCC2)CC1. The van der Waals surface area contributed by atoms with E-state index in [0.29, 0.717) is 32.0 Å². The monoisotopic (exact) mass is 269 g/mol. The van der Waals surface area contributed by atoms with Gasteiger partial charge >= 0.3 is 0 Å². The van der Waals surface area contributed by atoms with Gasteiger partial charge in [-0.2, -0.15) is 0 Å². The van der Waals surface area contributed by atoms with Crippen molar-refractivity contribution in [2.24, 2.45) is 22.2 Å². The molecule has 108 valence electrons. The Labute approximate surface area is 113 Å². The van der Waals surface area contributed by atoms with Gasteiger partial charge in [0.2, 0.25) is 5.91 Å². The predicted octanol–water partition coefficient (Wildman–Crippen LogP) is 0.788. The fraction of sp³-hybridized carbons (Fsp3) is 0.846. The average Bonchev–Trinajstić information content (AvgIpc) is 2.47. The maximum Gasteiger partial charge on any atom is 0.236 e. The van der Waals surface area contributed by atoms with E-state index in [1.807, 2.05) is 4.90 Å². The summed E-state index contributed by atoms with van der Waals surface area (Å²) < 4.78 is 5.31. The van der Waals surface area contributed by atoms with Gasteiger partial charge in [0.05, 0.1) is 0 Å². The third-order valence-corrected chi connectivity index (χ3v) is 4.42. The molecule has 2 fully saturated rings. The third-order valence-electron chi connectivity index (χ3n) is 4.42. The van der Waals surface area contributed by atoms with Crippen molar-refractivity contribution in [3.63, 3.8) is 0 Å². The highest BCUT2D eigenvalue weighted by Crippen LogP contribution is 2.34. The summed E-state index contributed by atoms with van der Waals surface area (Å²) in [6.07, 6.45) is 3.03. The van der Waals surface area contributed by atoms with E-state index in [2.05, 4.69) is 12.1 Å². The van der Waals surface area contributed by atoms with Crippen LogP contribution in [0.5, 0.6) is 0 Å². The van der Waals surface area contributed by atoms with E-state index < -0.39 is 5.41 Å². The molecule has 0 aromatic carbocycles. The molecule has 0 saturated carbocycles. The van der Waals surface area contributed by atoms with E-state index in [9.17, 15) is 4.79 Å². The summed E-state index contributed by atoms with van der Waals surface area (Å²) in [6, 6.07) is 0. The van der Waals surface area contributed by atoms with Crippen molar-refractivity contribution in [1.82, 2.24) is 4.90 Å². The summed E-state index contributed by atoms with van der Waals surface area (Å²) in [4.78, 5) is 14.6. The maximum atomic E-state index is 12.8. The van der Waals surface area contributed by atoms with Crippen molar-refractivity contribution in [2.45, 2.75) is 32.6 Å². The molecule has 2 aliphatic heterocycles. The number of carbonyl (C=O) groups excluding carboxylic acids is 1. The van der Waals surface area contributed by atoms with Crippen LogP contribution >= 0.6 is 0 Å². The smallest absolute Gasteiger partial charge is 0.236 e. The lowest BCUT2D eigenvalue weighted by molar-refractivity contribution is -0.144. The molecule has 0 aromatic rings. The van der Waals surface area contributed by atoms with Crippen LogP contribution in [0.2, 0.25) is 0 Å². The van der Waals surface area contributed by atoms with Gasteiger partial charge < -0.3 is 20.6 Å². The number of carbonyl (C=O) groups is 1. The highest BCUT2D eigenvalue weighted by Gasteiger charge is 2.46. The van der Waals surface area contributed by atoms with Crippen LogP contribution in [0.4, 0.5) is 0 Å². The molecule has 1 amide bonds. The number of ether oxygens (including phenoxy) is 1. The van der Waals surface area contributed by atoms with Gasteiger partial charge in [-0.15, -0.1) is 0 Å². The van der Waals surface area contributed by atoms with E-state index >= 15 is 0 Å². The number of piperidine rings is 1. The van der Waals surface area contributed by atoms with Gasteiger partial charge in [-0.05, 0) is 31.6 Å². The third kappa shape index (κ3) is 2.68. The Hall–Kier alpha value is -1.30. The van der Waals surface area contributed by atoms with E-state index in [-0.39, 0.29) is 11.7 Å². The molecule has 2 rings (SSSR count). The summed E-state index contributed by atoms with van der Waals surface area (Å²) in [5, 5.41) is 12.1. The van der Waals surface area contributed by atoms with Gasteiger partial charge in [-0.3, -0.25) is 4.79 Å². The van der Waals surface area contributed by atoms with Gasteiger partial charge in [0.15, 0.2) is 5.84 Å². The molecule has 0 spiro atoms. The molecule has 0 aliphatic carbocycles. The Morgan fingerprint density at radius 1 is 1.37 bits per heavy atom. The quantitative estimate of drug-likeness (QED) is 0.336. The average molecular weight is 269 g/mol. The Balaban J connectivity index is 2.16. The van der Waals surface area contributed by atoms with Crippen LogP contribution < -0.4 is 5.73 Å². The van der Waals surface area contributed by atoms with Crippen molar-refractivity contribution < 1.29 is 14.7 Å². The first-order valence-electron chi connectivity index (χ1n) is 6.95. The van der Waals surface area contributed by atoms with Crippen LogP contribution in [0, 0.1) is 11.3 Å². The Kier molecular flexibility index (Phi) is 4.29. The van der Waals surface area contributed by atoms with Crippen molar-refractivity contribution in [2.75, 3.05) is 26.3 Å². The first kappa shape index (κ1) is 14.1. The number of amides is 1. The van der Waals surface area contributed by atoms with Gasteiger partial charge in [-0.25, -0.2) is 0 Å². The second-order valence-electron chi connectivity index (χ2n) is 5.65. The lowest BCUT2D eigenvalue weighted by Gasteiger charge is -2.40. The topological polar surface area (TPSA) is 88.2 Å². The Morgan fingerprint density at radius 3 is 2.47 bits per heavy atom. The van der Waals surface area contributed by atoms with Crippen LogP contribution in [-0.4, -0.2) is 48.2 Å². The fourth-order valence-corrected chi connectivity index (χ4v) is 2.91. The van der Waals surface area contributed by atoms with Crippen LogP contribution in [0.3, 0.4) is 0 Å². The molecular formula is C13H23N3O3. The minimum absolute atomic E-state index is 0.00185. The molecule has 19 heavy (non-hydrogen) atoms. The molecule has 2 saturated heterocycles. The van der Waals surface area contributed by atoms with E-state index in [1.165, 1.54) is 0 Å². The number of rotatable bonds is 2. The first-order chi connectivity index (χ1) is 9.10. The van der Waals surface area contributed by atoms with Gasteiger partial charge in [0, 0.05) is 26.3 Å². The zero-order valence-electron chi connectivity index (χ0n) is 11.5. The van der Waals surface area contributed by atoms with Crippen molar-refractivity contribution >= 4 is 11.7 Å². The van der Waals surface area contributed by atoms with Crippen molar-refractivity contribution in [1.29, 1.82) is 0 Å². The van der Waals surface area contributed by atoms with Crippen LogP contribution in [0.1, 0.15) is 32.6 Å². The number of amidine groups is 1. The second kappa shape index (κ2) is 5.77. The molecule has 6 heteroatoms. The molecule has 0 atom stereocenters. The minimum Gasteiger partial charge on any atom is -0.409 e. The molecule has 6 nitrogen and oxygen atoms in total. The maximum absolute atomic E-state index is 12.8. The zero-order valence-corrected chi connectivity index (χ0v) is 11.5. The lowest BCUT2D eigenvalue weighted by Crippen LogP contribution is -2.55. The largest absolute Gasteiger partial charge is 0.409 e.